The Labute approximate surface area is 169 Å². The molecule has 3 heterocycles. The average molecular weight is 442 g/mol. The van der Waals surface area contributed by atoms with E-state index in [0.717, 1.165) is 0 Å². The number of sulfonamides is 1. The van der Waals surface area contributed by atoms with Crippen molar-refractivity contribution >= 4 is 16.0 Å². The van der Waals surface area contributed by atoms with Gasteiger partial charge in [0.25, 0.3) is 28.2 Å². The third-order valence-corrected chi connectivity index (χ3v) is 4.89. The molecule has 3 rings (SSSR count). The summed E-state index contributed by atoms with van der Waals surface area (Å²) in [7, 11) is -1.71. The van der Waals surface area contributed by atoms with Crippen molar-refractivity contribution in [2.75, 3.05) is 25.5 Å². The Hall–Kier alpha value is -3.55. The maximum Gasteiger partial charge on any atom is 0.272 e. The summed E-state index contributed by atoms with van der Waals surface area (Å²) >= 11 is 0. The van der Waals surface area contributed by atoms with Gasteiger partial charge in [0.15, 0.2) is 0 Å². The van der Waals surface area contributed by atoms with Gasteiger partial charge in [0.2, 0.25) is 11.7 Å². The molecule has 0 aliphatic rings. The molecule has 0 amide bonds. The van der Waals surface area contributed by atoms with E-state index in [4.69, 9.17) is 14.2 Å². The summed E-state index contributed by atoms with van der Waals surface area (Å²) in [6.07, 6.45) is -0.0194. The highest BCUT2D eigenvalue weighted by molar-refractivity contribution is 7.92. The maximum atomic E-state index is 12.7. The van der Waals surface area contributed by atoms with Crippen molar-refractivity contribution in [1.82, 2.24) is 25.1 Å². The lowest BCUT2D eigenvalue weighted by Gasteiger charge is -2.14. The lowest BCUT2D eigenvalue weighted by atomic mass is 10.3. The SMILES string of the molecule is COc1nc(NS(=O)(=O)c2c[nH]c(-c3cccnn3)c2)nc(OC)c1OCC(F)F. The number of aromatic amines is 1. The second-order valence-corrected chi connectivity index (χ2v) is 7.24. The second-order valence-electron chi connectivity index (χ2n) is 5.56. The molecule has 0 bridgehead atoms. The molecule has 0 atom stereocenters. The number of hydrogen-bond acceptors (Lipinski definition) is 9. The van der Waals surface area contributed by atoms with Crippen molar-refractivity contribution < 1.29 is 31.4 Å². The van der Waals surface area contributed by atoms with Crippen LogP contribution < -0.4 is 18.9 Å². The average Bonchev–Trinajstić information content (AvgIpc) is 3.23. The third-order valence-electron chi connectivity index (χ3n) is 3.58. The fourth-order valence-corrected chi connectivity index (χ4v) is 3.24. The Morgan fingerprint density at radius 1 is 1.20 bits per heavy atom. The monoisotopic (exact) mass is 442 g/mol. The van der Waals surface area contributed by atoms with Crippen LogP contribution >= 0.6 is 0 Å². The first-order valence-corrected chi connectivity index (χ1v) is 9.72. The minimum atomic E-state index is -4.12. The minimum absolute atomic E-state index is 0.122. The van der Waals surface area contributed by atoms with E-state index >= 15 is 0 Å². The first-order valence-electron chi connectivity index (χ1n) is 8.24. The molecular formula is C16H16F2N6O5S. The quantitative estimate of drug-likeness (QED) is 0.507. The van der Waals surface area contributed by atoms with E-state index in [1.807, 2.05) is 0 Å². The van der Waals surface area contributed by atoms with Crippen LogP contribution in [0.25, 0.3) is 11.4 Å². The van der Waals surface area contributed by atoms with Crippen LogP contribution in [-0.2, 0) is 10.0 Å². The molecule has 14 heteroatoms. The lowest BCUT2D eigenvalue weighted by Crippen LogP contribution is -2.16. The highest BCUT2D eigenvalue weighted by Gasteiger charge is 2.23. The number of H-pyrrole nitrogens is 1. The van der Waals surface area contributed by atoms with Crippen molar-refractivity contribution in [3.8, 4) is 28.9 Å². The largest absolute Gasteiger partial charge is 0.478 e. The molecule has 2 N–H and O–H groups in total. The fourth-order valence-electron chi connectivity index (χ4n) is 2.30. The molecule has 3 aromatic heterocycles. The molecule has 160 valence electrons. The summed E-state index contributed by atoms with van der Waals surface area (Å²) in [5, 5.41) is 7.62. The van der Waals surface area contributed by atoms with Crippen molar-refractivity contribution in [3.05, 3.63) is 30.6 Å². The summed E-state index contributed by atoms with van der Waals surface area (Å²) in [5.74, 6) is -1.26. The first-order chi connectivity index (χ1) is 14.3. The topological polar surface area (TPSA) is 141 Å². The summed E-state index contributed by atoms with van der Waals surface area (Å²) in [6.45, 7) is -0.949. The van der Waals surface area contributed by atoms with Crippen LogP contribution in [0.4, 0.5) is 14.7 Å². The van der Waals surface area contributed by atoms with Gasteiger partial charge in [-0.05, 0) is 18.2 Å². The number of alkyl halides is 2. The minimum Gasteiger partial charge on any atom is -0.478 e. The number of anilines is 1. The molecule has 0 aliphatic carbocycles. The van der Waals surface area contributed by atoms with Crippen LogP contribution in [0.1, 0.15) is 0 Å². The van der Waals surface area contributed by atoms with Gasteiger partial charge in [-0.25, -0.2) is 21.9 Å². The van der Waals surface area contributed by atoms with Gasteiger partial charge in [0, 0.05) is 12.4 Å². The number of rotatable bonds is 9. The molecule has 0 fully saturated rings. The van der Waals surface area contributed by atoms with Gasteiger partial charge in [-0.1, -0.05) is 0 Å². The summed E-state index contributed by atoms with van der Waals surface area (Å²) in [6, 6.07) is 4.65. The normalized spacial score (nSPS) is 11.4. The van der Waals surface area contributed by atoms with E-state index in [0.29, 0.717) is 11.4 Å². The molecular weight excluding hydrogens is 426 g/mol. The Morgan fingerprint density at radius 2 is 1.90 bits per heavy atom. The van der Waals surface area contributed by atoms with Crippen LogP contribution in [0.2, 0.25) is 0 Å². The lowest BCUT2D eigenvalue weighted by molar-refractivity contribution is 0.0781. The molecule has 0 aromatic carbocycles. The Kier molecular flexibility index (Phi) is 6.25. The van der Waals surface area contributed by atoms with Gasteiger partial charge in [-0.2, -0.15) is 15.1 Å². The van der Waals surface area contributed by atoms with Gasteiger partial charge in [-0.15, -0.1) is 5.10 Å². The van der Waals surface area contributed by atoms with Gasteiger partial charge in [0.1, 0.15) is 17.2 Å². The number of nitrogens with one attached hydrogen (secondary N) is 2. The van der Waals surface area contributed by atoms with E-state index in [9.17, 15) is 17.2 Å². The highest BCUT2D eigenvalue weighted by atomic mass is 32.2. The Morgan fingerprint density at radius 3 is 2.47 bits per heavy atom. The van der Waals surface area contributed by atoms with E-state index in [-0.39, 0.29) is 22.4 Å². The van der Waals surface area contributed by atoms with Crippen LogP contribution in [0.3, 0.4) is 0 Å². The van der Waals surface area contributed by atoms with E-state index in [1.165, 1.54) is 32.7 Å². The standard InChI is InChI=1S/C16H16F2N6O5S/c1-27-14-13(29-8-12(17)18)15(28-2)22-16(21-14)24-30(25,26)9-6-11(19-7-9)10-4-3-5-20-23-10/h3-7,12,19H,8H2,1-2H3,(H,21,22,24). The molecule has 0 saturated heterocycles. The molecule has 30 heavy (non-hydrogen) atoms. The number of methoxy groups -OCH3 is 2. The summed E-state index contributed by atoms with van der Waals surface area (Å²) < 4.78 is 67.3. The molecule has 3 aromatic rings. The highest BCUT2D eigenvalue weighted by Crippen LogP contribution is 2.35. The van der Waals surface area contributed by atoms with Gasteiger partial charge in [0.05, 0.1) is 19.9 Å². The van der Waals surface area contributed by atoms with Crippen molar-refractivity contribution in [2.45, 2.75) is 11.3 Å². The smallest absolute Gasteiger partial charge is 0.272 e. The second kappa shape index (κ2) is 8.86. The number of aromatic nitrogens is 5. The predicted octanol–water partition coefficient (Wildman–Crippen LogP) is 1.72. The van der Waals surface area contributed by atoms with Crippen molar-refractivity contribution in [2.24, 2.45) is 0 Å². The zero-order chi connectivity index (χ0) is 21.7. The third kappa shape index (κ3) is 4.71. The first kappa shape index (κ1) is 21.2. The Balaban J connectivity index is 1.88. The van der Waals surface area contributed by atoms with Gasteiger partial charge in [-0.3, -0.25) is 0 Å². The van der Waals surface area contributed by atoms with Crippen LogP contribution in [-0.4, -0.2) is 60.8 Å². The van der Waals surface area contributed by atoms with Crippen molar-refractivity contribution in [3.63, 3.8) is 0 Å². The van der Waals surface area contributed by atoms with Crippen molar-refractivity contribution in [1.29, 1.82) is 0 Å². The zero-order valence-corrected chi connectivity index (χ0v) is 16.5. The molecule has 11 nitrogen and oxygen atoms in total. The van der Waals surface area contributed by atoms with E-state index in [1.54, 1.807) is 12.1 Å². The van der Waals surface area contributed by atoms with Crippen LogP contribution in [0, 0.1) is 0 Å². The summed E-state index contributed by atoms with van der Waals surface area (Å²) in [5.41, 5.74) is 0.870. The number of hydrogen-bond donors (Lipinski definition) is 2. The molecule has 0 aliphatic heterocycles. The predicted molar refractivity (Wildman–Crippen MR) is 99.3 cm³/mol. The molecule has 0 saturated carbocycles. The summed E-state index contributed by atoms with van der Waals surface area (Å²) in [4.78, 5) is 10.4. The van der Waals surface area contributed by atoms with Crippen LogP contribution in [0.5, 0.6) is 17.5 Å². The number of halogens is 2. The number of ether oxygens (including phenoxy) is 3. The fraction of sp³-hybridized carbons (Fsp3) is 0.250. The van der Waals surface area contributed by atoms with E-state index < -0.39 is 29.0 Å². The zero-order valence-electron chi connectivity index (χ0n) is 15.7. The van der Waals surface area contributed by atoms with Gasteiger partial charge < -0.3 is 19.2 Å². The molecule has 0 unspecified atom stereocenters. The Bertz CT molecular complexity index is 1090. The van der Waals surface area contributed by atoms with E-state index in [2.05, 4.69) is 29.9 Å². The molecule has 0 spiro atoms. The number of nitrogens with zero attached hydrogens (tertiary/aromatic N) is 4. The van der Waals surface area contributed by atoms with Gasteiger partial charge >= 0.3 is 0 Å². The van der Waals surface area contributed by atoms with Crippen LogP contribution in [0.15, 0.2) is 35.5 Å². The molecule has 0 radical (unpaired) electrons. The maximum absolute atomic E-state index is 12.7.